The molecule has 0 radical (unpaired) electrons. The van der Waals surface area contributed by atoms with Crippen molar-refractivity contribution in [3.05, 3.63) is 95.0 Å². The number of rotatable bonds is 5. The Morgan fingerprint density at radius 3 is 2.03 bits per heavy atom. The van der Waals surface area contributed by atoms with Gasteiger partial charge in [0, 0.05) is 16.3 Å². The van der Waals surface area contributed by atoms with Crippen molar-refractivity contribution >= 4 is 35.2 Å². The van der Waals surface area contributed by atoms with Gasteiger partial charge in [0.05, 0.1) is 17.0 Å². The summed E-state index contributed by atoms with van der Waals surface area (Å²) in [5, 5.41) is 9.93. The van der Waals surface area contributed by atoms with Crippen LogP contribution in [0, 0.1) is 0 Å². The number of benzene rings is 3. The van der Waals surface area contributed by atoms with Crippen LogP contribution in [0.1, 0.15) is 20.7 Å². The van der Waals surface area contributed by atoms with Crippen LogP contribution in [0.3, 0.4) is 0 Å². The Kier molecular flexibility index (Phi) is 5.05. The summed E-state index contributed by atoms with van der Waals surface area (Å²) in [7, 11) is 0. The first-order valence-corrected chi connectivity index (χ1v) is 10.8. The van der Waals surface area contributed by atoms with Crippen LogP contribution in [0.5, 0.6) is 0 Å². The van der Waals surface area contributed by atoms with E-state index in [-0.39, 0.29) is 17.7 Å². The first-order valence-electron chi connectivity index (χ1n) is 9.48. The van der Waals surface area contributed by atoms with Gasteiger partial charge in [-0.15, -0.1) is 10.2 Å². The molecule has 0 bridgehead atoms. The number of halogens is 1. The van der Waals surface area contributed by atoms with E-state index in [2.05, 4.69) is 10.2 Å². The molecule has 3 aromatic carbocycles. The topological polar surface area (TPSA) is 68.1 Å². The van der Waals surface area contributed by atoms with Crippen LogP contribution in [0.2, 0.25) is 5.02 Å². The zero-order valence-corrected chi connectivity index (χ0v) is 17.7. The van der Waals surface area contributed by atoms with Gasteiger partial charge in [-0.25, -0.2) is 0 Å². The summed E-state index contributed by atoms with van der Waals surface area (Å²) in [4.78, 5) is 26.6. The minimum absolute atomic E-state index is 0.137. The fourth-order valence-electron chi connectivity index (χ4n) is 3.44. The molecule has 0 aliphatic carbocycles. The first-order chi connectivity index (χ1) is 15.1. The number of amides is 2. The Morgan fingerprint density at radius 2 is 1.39 bits per heavy atom. The maximum Gasteiger partial charge on any atom is 0.262 e. The smallest absolute Gasteiger partial charge is 0.262 e. The number of thioether (sulfide) groups is 1. The van der Waals surface area contributed by atoms with Crippen LogP contribution in [-0.2, 0) is 0 Å². The van der Waals surface area contributed by atoms with E-state index in [1.54, 1.807) is 36.4 Å². The molecule has 0 atom stereocenters. The second kappa shape index (κ2) is 8.02. The van der Waals surface area contributed by atoms with Crippen LogP contribution in [0.4, 0.5) is 0 Å². The van der Waals surface area contributed by atoms with Crippen molar-refractivity contribution in [2.24, 2.45) is 0 Å². The predicted molar refractivity (Wildman–Crippen MR) is 119 cm³/mol. The maximum absolute atomic E-state index is 12.7. The van der Waals surface area contributed by atoms with Gasteiger partial charge < -0.3 is 0 Å². The summed E-state index contributed by atoms with van der Waals surface area (Å²) in [5.41, 5.74) is 2.59. The van der Waals surface area contributed by atoms with Gasteiger partial charge in [-0.3, -0.25) is 19.1 Å². The summed E-state index contributed by atoms with van der Waals surface area (Å²) < 4.78 is 1.91. The minimum Gasteiger partial charge on any atom is -0.270 e. The van der Waals surface area contributed by atoms with Crippen molar-refractivity contribution in [3.63, 3.8) is 0 Å². The monoisotopic (exact) mass is 446 g/mol. The average molecular weight is 447 g/mol. The summed E-state index contributed by atoms with van der Waals surface area (Å²) in [6.07, 6.45) is 0. The molecule has 5 rings (SSSR count). The Labute approximate surface area is 187 Å². The van der Waals surface area contributed by atoms with E-state index in [1.165, 1.54) is 16.7 Å². The van der Waals surface area contributed by atoms with Gasteiger partial charge in [0.2, 0.25) is 0 Å². The minimum atomic E-state index is -0.295. The molecular weight excluding hydrogens is 432 g/mol. The van der Waals surface area contributed by atoms with Crippen LogP contribution in [-0.4, -0.2) is 37.4 Å². The van der Waals surface area contributed by atoms with E-state index in [0.29, 0.717) is 27.1 Å². The average Bonchev–Trinajstić information content (AvgIpc) is 3.33. The second-order valence-corrected chi connectivity index (χ2v) is 8.19. The Hall–Kier alpha value is -3.42. The SMILES string of the molecule is O=C1c2ccccc2C(=O)N1CSc1nnc(-c2ccc(Cl)cc2)n1-c1ccccc1. The van der Waals surface area contributed by atoms with Crippen molar-refractivity contribution in [2.45, 2.75) is 5.16 Å². The number of carbonyl (C=O) groups excluding carboxylic acids is 2. The molecule has 0 N–H and O–H groups in total. The molecule has 4 aromatic rings. The molecule has 0 saturated heterocycles. The number of para-hydroxylation sites is 1. The molecule has 152 valence electrons. The van der Waals surface area contributed by atoms with Gasteiger partial charge in [0.15, 0.2) is 11.0 Å². The lowest BCUT2D eigenvalue weighted by Crippen LogP contribution is -2.29. The quantitative estimate of drug-likeness (QED) is 0.321. The molecule has 2 amide bonds. The molecule has 0 unspecified atom stereocenters. The number of hydrogen-bond acceptors (Lipinski definition) is 5. The summed E-state index contributed by atoms with van der Waals surface area (Å²) in [5.74, 6) is 0.194. The molecule has 0 spiro atoms. The highest BCUT2D eigenvalue weighted by Gasteiger charge is 2.35. The molecule has 1 aliphatic heterocycles. The predicted octanol–water partition coefficient (Wildman–Crippen LogP) is 4.93. The van der Waals surface area contributed by atoms with Crippen LogP contribution in [0.25, 0.3) is 17.1 Å². The standard InChI is InChI=1S/C23H15ClN4O2S/c24-16-12-10-15(11-13-16)20-25-26-23(28(20)17-6-2-1-3-7-17)31-14-27-21(29)18-8-4-5-9-19(18)22(27)30/h1-13H,14H2. The van der Waals surface area contributed by atoms with Gasteiger partial charge in [-0.05, 0) is 48.5 Å². The van der Waals surface area contributed by atoms with Gasteiger partial charge in [0.1, 0.15) is 0 Å². The van der Waals surface area contributed by atoms with Gasteiger partial charge in [-0.2, -0.15) is 0 Å². The number of hydrogen-bond donors (Lipinski definition) is 0. The number of aromatic nitrogens is 3. The Morgan fingerprint density at radius 1 is 0.774 bits per heavy atom. The molecule has 0 fully saturated rings. The molecule has 8 heteroatoms. The Balaban J connectivity index is 1.48. The molecule has 1 aromatic heterocycles. The highest BCUT2D eigenvalue weighted by atomic mass is 35.5. The van der Waals surface area contributed by atoms with E-state index in [4.69, 9.17) is 11.6 Å². The lowest BCUT2D eigenvalue weighted by molar-refractivity contribution is 0.0684. The molecule has 31 heavy (non-hydrogen) atoms. The lowest BCUT2D eigenvalue weighted by atomic mass is 10.1. The third kappa shape index (κ3) is 3.52. The van der Waals surface area contributed by atoms with Gasteiger partial charge >= 0.3 is 0 Å². The normalized spacial score (nSPS) is 13.0. The van der Waals surface area contributed by atoms with Gasteiger partial charge in [0.25, 0.3) is 11.8 Å². The number of nitrogens with zero attached hydrogens (tertiary/aromatic N) is 4. The third-order valence-corrected chi connectivity index (χ3v) is 6.11. The van der Waals surface area contributed by atoms with Crippen molar-refractivity contribution < 1.29 is 9.59 Å². The number of imide groups is 1. The summed E-state index contributed by atoms with van der Waals surface area (Å²) in [6.45, 7) is 0. The molecular formula is C23H15ClN4O2S. The molecule has 2 heterocycles. The van der Waals surface area contributed by atoms with Crippen molar-refractivity contribution in [1.82, 2.24) is 19.7 Å². The zero-order valence-electron chi connectivity index (χ0n) is 16.1. The summed E-state index contributed by atoms with van der Waals surface area (Å²) >= 11 is 7.32. The van der Waals surface area contributed by atoms with E-state index >= 15 is 0 Å². The van der Waals surface area contributed by atoms with E-state index in [0.717, 1.165) is 11.3 Å². The summed E-state index contributed by atoms with van der Waals surface area (Å²) in [6, 6.07) is 23.9. The van der Waals surface area contributed by atoms with Crippen LogP contribution in [0.15, 0.2) is 84.0 Å². The van der Waals surface area contributed by atoms with E-state index in [9.17, 15) is 9.59 Å². The second-order valence-electron chi connectivity index (χ2n) is 6.84. The van der Waals surface area contributed by atoms with Crippen LogP contribution < -0.4 is 0 Å². The molecule has 1 aliphatic rings. The van der Waals surface area contributed by atoms with Crippen molar-refractivity contribution in [2.75, 3.05) is 5.88 Å². The highest BCUT2D eigenvalue weighted by molar-refractivity contribution is 7.99. The Bertz CT molecular complexity index is 1250. The highest BCUT2D eigenvalue weighted by Crippen LogP contribution is 2.31. The molecule has 0 saturated carbocycles. The fraction of sp³-hybridized carbons (Fsp3) is 0.0435. The van der Waals surface area contributed by atoms with E-state index < -0.39 is 0 Å². The van der Waals surface area contributed by atoms with Crippen molar-refractivity contribution in [1.29, 1.82) is 0 Å². The van der Waals surface area contributed by atoms with E-state index in [1.807, 2.05) is 47.0 Å². The maximum atomic E-state index is 12.7. The zero-order chi connectivity index (χ0) is 21.4. The third-order valence-electron chi connectivity index (χ3n) is 4.95. The number of fused-ring (bicyclic) bond motifs is 1. The van der Waals surface area contributed by atoms with Gasteiger partial charge in [-0.1, -0.05) is 53.7 Å². The molecule has 6 nitrogen and oxygen atoms in total. The first kappa shape index (κ1) is 19.5. The van der Waals surface area contributed by atoms with Crippen molar-refractivity contribution in [3.8, 4) is 17.1 Å². The van der Waals surface area contributed by atoms with Crippen LogP contribution >= 0.6 is 23.4 Å². The fourth-order valence-corrected chi connectivity index (χ4v) is 4.46. The lowest BCUT2D eigenvalue weighted by Gasteiger charge is -2.14. The number of carbonyl (C=O) groups is 2. The largest absolute Gasteiger partial charge is 0.270 e.